The molecule has 344 valence electrons. The summed E-state index contributed by atoms with van der Waals surface area (Å²) in [6, 6.07) is 1.10. The number of carbonyl (C=O) groups excluding carboxylic acids is 2. The van der Waals surface area contributed by atoms with Crippen molar-refractivity contribution in [3.8, 4) is 0 Å². The number of ether oxygens (including phenoxy) is 2. The molecule has 2 spiro atoms. The number of piperidine rings is 2. The molecule has 4 aliphatic heterocycles. The minimum Gasteiger partial charge on any atom is -0.369 e. The lowest BCUT2D eigenvalue weighted by Gasteiger charge is -2.52. The highest BCUT2D eigenvalue weighted by Gasteiger charge is 2.61. The van der Waals surface area contributed by atoms with Crippen LogP contribution in [0.25, 0.3) is 0 Å². The van der Waals surface area contributed by atoms with Crippen LogP contribution in [0.2, 0.25) is 0 Å². The standard InChI is InChI=1S/2C28H43NO2/c2*1-16-11-25-26(29-15-16)18(3)28(31-25)10-8-21-22-6-5-19-12-20(30)7-9-27(19,4)24(22)13-23(21)17(2)14-28/h2*16,18-19,21-22,24-26,29H,5-15H2,1-4H3/t16-,18+,19+,21-,22-,24-,25+,26-,27-,28-;16-,18+,19-,21-,22-,24-,25+,26-,27-,28-/m00/s1. The van der Waals surface area contributed by atoms with Crippen LogP contribution >= 0.6 is 0 Å². The van der Waals surface area contributed by atoms with Gasteiger partial charge in [-0.2, -0.15) is 0 Å². The van der Waals surface area contributed by atoms with E-state index in [4.69, 9.17) is 9.47 Å². The van der Waals surface area contributed by atoms with Crippen molar-refractivity contribution in [3.63, 3.8) is 0 Å². The Hall–Kier alpha value is -1.34. The highest BCUT2D eigenvalue weighted by Crippen LogP contribution is 2.67. The fourth-order valence-electron chi connectivity index (χ4n) is 19.2. The van der Waals surface area contributed by atoms with Crippen LogP contribution in [-0.2, 0) is 19.1 Å². The van der Waals surface area contributed by atoms with Gasteiger partial charge in [-0.25, -0.2) is 0 Å². The van der Waals surface area contributed by atoms with Crippen LogP contribution in [0.5, 0.6) is 0 Å². The molecule has 10 fully saturated rings. The van der Waals surface area contributed by atoms with Crippen LogP contribution in [0.4, 0.5) is 0 Å². The molecule has 0 amide bonds. The number of allylic oxidation sites excluding steroid dienone is 2. The van der Waals surface area contributed by atoms with Gasteiger partial charge in [-0.3, -0.25) is 9.59 Å². The van der Waals surface area contributed by atoms with Crippen molar-refractivity contribution in [2.45, 2.75) is 219 Å². The third kappa shape index (κ3) is 6.70. The Labute approximate surface area is 376 Å². The normalized spacial score (nSPS) is 54.3. The van der Waals surface area contributed by atoms with Gasteiger partial charge in [0.05, 0.1) is 23.4 Å². The molecule has 2 N–H and O–H groups in total. The lowest BCUT2D eigenvalue weighted by atomic mass is 9.52. The monoisotopic (exact) mass is 851 g/mol. The lowest BCUT2D eigenvalue weighted by molar-refractivity contribution is -0.130. The second-order valence-electron chi connectivity index (χ2n) is 25.8. The van der Waals surface area contributed by atoms with Crippen molar-refractivity contribution in [2.75, 3.05) is 13.1 Å². The van der Waals surface area contributed by atoms with Crippen LogP contribution in [0.15, 0.2) is 22.3 Å². The summed E-state index contributed by atoms with van der Waals surface area (Å²) in [7, 11) is 0. The molecule has 0 aromatic rings. The summed E-state index contributed by atoms with van der Waals surface area (Å²) in [5.74, 6) is 9.93. The number of rotatable bonds is 0. The summed E-state index contributed by atoms with van der Waals surface area (Å²) >= 11 is 0. The summed E-state index contributed by atoms with van der Waals surface area (Å²) in [6.07, 6.45) is 24.3. The Balaban J connectivity index is 0.000000139. The number of ketones is 2. The predicted octanol–water partition coefficient (Wildman–Crippen LogP) is 11.4. The maximum absolute atomic E-state index is 12.2. The zero-order valence-corrected chi connectivity index (χ0v) is 40.4. The molecular weight excluding hydrogens is 765 g/mol. The molecule has 20 atom stereocenters. The fraction of sp³-hybridized carbons (Fsp3) is 0.893. The SMILES string of the molecule is CC1=C2C[C@H]3[C@@H](CC[C@@H]4CC(=O)CC[C@@]43C)[C@@H]2CC[C@@]2(C1)O[C@@H]1C[C@H](C)CN[C@H]1[C@H]2C.CC1=C2C[C@H]3[C@@H](CC[C@H]4CC(=O)CC[C@@]43C)[C@@H]2CC[C@@]2(C1)O[C@@H]1C[C@H](C)CN[C@H]1[C@H]2C. The second kappa shape index (κ2) is 15.6. The van der Waals surface area contributed by atoms with E-state index in [0.29, 0.717) is 70.4 Å². The van der Waals surface area contributed by atoms with Crippen LogP contribution in [0.1, 0.15) is 184 Å². The van der Waals surface area contributed by atoms with Crippen molar-refractivity contribution >= 4 is 11.6 Å². The first-order valence-electron chi connectivity index (χ1n) is 26.8. The number of hydrogen-bond acceptors (Lipinski definition) is 6. The molecule has 4 heterocycles. The number of fused-ring (bicyclic) bond motifs is 12. The van der Waals surface area contributed by atoms with Crippen LogP contribution < -0.4 is 10.6 Å². The Morgan fingerprint density at radius 3 is 1.39 bits per heavy atom. The molecule has 0 unspecified atom stereocenters. The molecule has 6 nitrogen and oxygen atoms in total. The molecular formula is C56H86N2O4. The Morgan fingerprint density at radius 1 is 0.548 bits per heavy atom. The highest BCUT2D eigenvalue weighted by molar-refractivity contribution is 5.80. The maximum atomic E-state index is 12.2. The fourth-order valence-corrected chi connectivity index (χ4v) is 19.2. The van der Waals surface area contributed by atoms with E-state index >= 15 is 0 Å². The largest absolute Gasteiger partial charge is 0.369 e. The van der Waals surface area contributed by atoms with Gasteiger partial charge < -0.3 is 20.1 Å². The molecule has 12 rings (SSSR count). The first kappa shape index (κ1) is 43.2. The van der Waals surface area contributed by atoms with Gasteiger partial charge in [-0.1, -0.05) is 63.8 Å². The van der Waals surface area contributed by atoms with E-state index in [-0.39, 0.29) is 11.2 Å². The Morgan fingerprint density at radius 2 is 0.968 bits per heavy atom. The third-order valence-electron chi connectivity index (χ3n) is 22.9. The average Bonchev–Trinajstić information content (AvgIpc) is 3.91. The topological polar surface area (TPSA) is 76.7 Å². The molecule has 6 saturated carbocycles. The molecule has 4 saturated heterocycles. The van der Waals surface area contributed by atoms with E-state index in [2.05, 4.69) is 66.0 Å². The van der Waals surface area contributed by atoms with Crippen molar-refractivity contribution < 1.29 is 19.1 Å². The third-order valence-corrected chi connectivity index (χ3v) is 22.9. The van der Waals surface area contributed by atoms with E-state index in [9.17, 15) is 9.59 Å². The van der Waals surface area contributed by atoms with E-state index < -0.39 is 0 Å². The summed E-state index contributed by atoms with van der Waals surface area (Å²) in [6.45, 7) is 22.0. The highest BCUT2D eigenvalue weighted by atomic mass is 16.5. The summed E-state index contributed by atoms with van der Waals surface area (Å²) < 4.78 is 14.0. The summed E-state index contributed by atoms with van der Waals surface area (Å²) in [5, 5.41) is 7.71. The molecule has 0 aromatic heterocycles. The molecule has 0 bridgehead atoms. The predicted molar refractivity (Wildman–Crippen MR) is 247 cm³/mol. The number of carbonyl (C=O) groups is 2. The number of hydrogen-bond donors (Lipinski definition) is 2. The summed E-state index contributed by atoms with van der Waals surface area (Å²) in [4.78, 5) is 24.3. The molecule has 12 aliphatic rings. The van der Waals surface area contributed by atoms with Crippen molar-refractivity contribution in [2.24, 2.45) is 81.8 Å². The Kier molecular flexibility index (Phi) is 10.9. The quantitative estimate of drug-likeness (QED) is 0.237. The van der Waals surface area contributed by atoms with Gasteiger partial charge in [-0.15, -0.1) is 0 Å². The van der Waals surface area contributed by atoms with E-state index in [1.165, 1.54) is 77.0 Å². The van der Waals surface area contributed by atoms with Gasteiger partial charge in [-0.05, 0) is 200 Å². The molecule has 6 heteroatoms. The molecule has 0 radical (unpaired) electrons. The van der Waals surface area contributed by atoms with Crippen LogP contribution in [0.3, 0.4) is 0 Å². The summed E-state index contributed by atoms with van der Waals surface area (Å²) in [5.41, 5.74) is 7.89. The zero-order valence-electron chi connectivity index (χ0n) is 40.4. The molecule has 0 aromatic carbocycles. The van der Waals surface area contributed by atoms with Gasteiger partial charge >= 0.3 is 0 Å². The van der Waals surface area contributed by atoms with Crippen molar-refractivity contribution in [3.05, 3.63) is 22.3 Å². The van der Waals surface area contributed by atoms with Crippen molar-refractivity contribution in [1.82, 2.24) is 10.6 Å². The van der Waals surface area contributed by atoms with Gasteiger partial charge in [0, 0.05) is 49.6 Å². The van der Waals surface area contributed by atoms with E-state index in [1.807, 2.05) is 11.1 Å². The first-order chi connectivity index (χ1) is 29.6. The first-order valence-corrected chi connectivity index (χ1v) is 26.8. The van der Waals surface area contributed by atoms with E-state index in [1.54, 1.807) is 11.1 Å². The van der Waals surface area contributed by atoms with Crippen LogP contribution in [0, 0.1) is 81.8 Å². The van der Waals surface area contributed by atoms with Gasteiger partial charge in [0.25, 0.3) is 0 Å². The zero-order chi connectivity index (χ0) is 43.1. The van der Waals surface area contributed by atoms with Crippen molar-refractivity contribution in [1.29, 1.82) is 0 Å². The minimum atomic E-state index is 0.0572. The van der Waals surface area contributed by atoms with Gasteiger partial charge in [0.15, 0.2) is 0 Å². The second-order valence-corrected chi connectivity index (χ2v) is 25.8. The maximum Gasteiger partial charge on any atom is 0.133 e. The molecule has 8 aliphatic carbocycles. The smallest absolute Gasteiger partial charge is 0.133 e. The number of Topliss-reactive ketones (excluding diaryl/α,β-unsaturated/α-hetero) is 2. The van der Waals surface area contributed by atoms with Gasteiger partial charge in [0.1, 0.15) is 11.6 Å². The van der Waals surface area contributed by atoms with Crippen LogP contribution in [-0.4, -0.2) is 60.1 Å². The number of nitrogens with one attached hydrogen (secondary N) is 2. The minimum absolute atomic E-state index is 0.0572. The molecule has 62 heavy (non-hydrogen) atoms. The average molecular weight is 851 g/mol. The Bertz CT molecular complexity index is 1740. The van der Waals surface area contributed by atoms with Gasteiger partial charge in [0.2, 0.25) is 0 Å². The van der Waals surface area contributed by atoms with E-state index in [0.717, 1.165) is 112 Å². The lowest BCUT2D eigenvalue weighted by Crippen LogP contribution is -2.48.